The summed E-state index contributed by atoms with van der Waals surface area (Å²) in [5.74, 6) is -5.44. The number of aromatic nitrogens is 4. The van der Waals surface area contributed by atoms with Gasteiger partial charge in [0.05, 0.1) is 62.0 Å². The number of Topliss-reactive ketones (excluding diaryl/α,β-unsaturated/α-hetero) is 2. The normalized spacial score (nSPS) is 15.2. The van der Waals surface area contributed by atoms with Crippen molar-refractivity contribution in [2.24, 2.45) is 11.8 Å². The number of fused-ring (bicyclic) bond motifs is 16. The van der Waals surface area contributed by atoms with Gasteiger partial charge >= 0.3 is 0 Å². The molecular formula is C62H46F4N8O2S5. The van der Waals surface area contributed by atoms with Gasteiger partial charge < -0.3 is 9.13 Å². The van der Waals surface area contributed by atoms with Crippen LogP contribution in [0.4, 0.5) is 17.6 Å². The molecule has 10 aromatic rings. The fraction of sp³-hybridized carbons (Fsp3) is 0.290. The monoisotopic (exact) mass is 1170 g/mol. The molecule has 0 amide bonds. The minimum atomic E-state index is -1.21. The molecule has 7 heterocycles. The summed E-state index contributed by atoms with van der Waals surface area (Å²) < 4.78 is 80.4. The Balaban J connectivity index is 1.16. The zero-order valence-electron chi connectivity index (χ0n) is 44.6. The van der Waals surface area contributed by atoms with E-state index in [9.17, 15) is 48.2 Å². The summed E-state index contributed by atoms with van der Waals surface area (Å²) in [6.07, 6.45) is 11.3. The third-order valence-electron chi connectivity index (χ3n) is 16.4. The zero-order chi connectivity index (χ0) is 57.0. The summed E-state index contributed by atoms with van der Waals surface area (Å²) in [4.78, 5) is 29.8. The van der Waals surface area contributed by atoms with Crippen LogP contribution in [0.5, 0.6) is 0 Å². The van der Waals surface area contributed by atoms with Gasteiger partial charge in [-0.1, -0.05) is 66.2 Å². The van der Waals surface area contributed by atoms with Crippen molar-refractivity contribution in [1.29, 1.82) is 21.0 Å². The van der Waals surface area contributed by atoms with Crippen LogP contribution in [-0.4, -0.2) is 29.4 Å². The van der Waals surface area contributed by atoms with E-state index in [1.807, 2.05) is 38.1 Å². The molecule has 404 valence electrons. The molecule has 2 aliphatic carbocycles. The quantitative estimate of drug-likeness (QED) is 0.0590. The van der Waals surface area contributed by atoms with Crippen LogP contribution in [0.25, 0.3) is 95.4 Å². The second kappa shape index (κ2) is 20.7. The van der Waals surface area contributed by atoms with Crippen LogP contribution in [0, 0.1) is 94.3 Å². The Bertz CT molecular complexity index is 4460. The lowest BCUT2D eigenvalue weighted by Crippen LogP contribution is -2.13. The van der Waals surface area contributed by atoms with Gasteiger partial charge in [-0.2, -0.15) is 29.8 Å². The number of ketones is 2. The lowest BCUT2D eigenvalue weighted by Gasteiger charge is -2.20. The number of carbonyl (C=O) groups is 2. The average molecular weight is 1170 g/mol. The summed E-state index contributed by atoms with van der Waals surface area (Å²) in [5, 5.41) is 42.4. The first-order chi connectivity index (χ1) is 39.2. The molecule has 0 N–H and O–H groups in total. The van der Waals surface area contributed by atoms with E-state index in [1.54, 1.807) is 34.8 Å². The van der Waals surface area contributed by atoms with E-state index in [-0.39, 0.29) is 67.5 Å². The maximum Gasteiger partial charge on any atom is 0.194 e. The molecule has 0 fully saturated rings. The smallest absolute Gasteiger partial charge is 0.194 e. The van der Waals surface area contributed by atoms with Gasteiger partial charge in [-0.25, -0.2) is 17.6 Å². The van der Waals surface area contributed by atoms with Gasteiger partial charge in [0, 0.05) is 67.0 Å². The molecule has 0 spiro atoms. The second-order valence-corrected chi connectivity index (χ2v) is 25.5. The Kier molecular flexibility index (Phi) is 13.8. The van der Waals surface area contributed by atoms with E-state index in [4.69, 9.17) is 8.75 Å². The van der Waals surface area contributed by atoms with Crippen molar-refractivity contribution in [1.82, 2.24) is 17.9 Å². The fourth-order valence-corrected chi connectivity index (χ4v) is 18.4. The van der Waals surface area contributed by atoms with Crippen LogP contribution in [0.15, 0.2) is 46.6 Å². The number of carbonyl (C=O) groups excluding carboxylic acids is 2. The number of aryl methyl sites for hydroxylation is 2. The Labute approximate surface area is 482 Å². The van der Waals surface area contributed by atoms with Crippen LogP contribution in [-0.2, 0) is 13.1 Å². The number of unbranched alkanes of at least 4 members (excludes halogenated alkanes) is 2. The Morgan fingerprint density at radius 2 is 0.914 bits per heavy atom. The van der Waals surface area contributed by atoms with Crippen LogP contribution in [0.1, 0.15) is 132 Å². The number of rotatable bonds is 14. The number of allylic oxidation sites excluding steroid dienone is 6. The largest absolute Gasteiger partial charge is 0.337 e. The third-order valence-corrected chi connectivity index (χ3v) is 22.3. The maximum atomic E-state index is 14.8. The van der Waals surface area contributed by atoms with E-state index in [0.29, 0.717) is 22.8 Å². The van der Waals surface area contributed by atoms with Crippen molar-refractivity contribution in [2.75, 3.05) is 0 Å². The fourth-order valence-electron chi connectivity index (χ4n) is 12.1. The summed E-state index contributed by atoms with van der Waals surface area (Å²) in [6.45, 7) is 14.2. The Hall–Kier alpha value is -7.62. The first-order valence-electron chi connectivity index (χ1n) is 26.8. The van der Waals surface area contributed by atoms with E-state index >= 15 is 0 Å². The number of nitrogens with zero attached hydrogens (tertiary/aromatic N) is 8. The topological polar surface area (TPSA) is 165 Å². The predicted molar refractivity (Wildman–Crippen MR) is 320 cm³/mol. The molecule has 7 aromatic heterocycles. The molecule has 0 saturated heterocycles. The third kappa shape index (κ3) is 8.10. The molecule has 3 aromatic carbocycles. The molecule has 2 aliphatic rings. The van der Waals surface area contributed by atoms with E-state index in [2.05, 4.69) is 36.8 Å². The standard InChI is InChI=1S/C62H46F4N8O2S5/c1-7-11-13-29(9-3)25-73-51-47(59-53(73)61-57(79-59)27(5)43(77-61)19-37-45(31(21-67)22-68)33-15-39(63)41(65)17-35(33)55(37)75)49-50(72-81-71-49)48-52(51)74(26-30(10-4)14-12-8-2)54-60(48)80-58-28(6)44(78-62(54)58)20-38-46(32(23-69)24-70)34-16-40(64)42(66)18-36(34)56(38)76/h15-20,29-30H,7-14,25-26H2,1-6H3/b37-19-,38-20-. The molecule has 19 heteroatoms. The SMILES string of the molecule is CCCCC(CC)Cn1c2c3sc(/C=C4\C(=O)c5cc(F)c(F)cc5C4=C(C#N)C#N)c(C)c3sc2c2c3nsnc3c3c4sc5c(C)c(/C=C6\C(=O)c7cc(F)c(F)cc7C6=C(C#N)C#N)sc5c4n(CC(CC)CCCC)c3c21. The number of nitriles is 4. The van der Waals surface area contributed by atoms with Crippen molar-refractivity contribution < 1.29 is 27.2 Å². The molecule has 2 unspecified atom stereocenters. The lowest BCUT2D eigenvalue weighted by atomic mass is 9.98. The Morgan fingerprint density at radius 1 is 0.543 bits per heavy atom. The molecule has 12 rings (SSSR count). The van der Waals surface area contributed by atoms with Crippen molar-refractivity contribution in [3.8, 4) is 24.3 Å². The number of benzene rings is 3. The van der Waals surface area contributed by atoms with E-state index in [1.165, 1.54) is 34.4 Å². The average Bonchev–Trinajstić information content (AvgIpc) is 1.88. The predicted octanol–water partition coefficient (Wildman–Crippen LogP) is 18.2. The zero-order valence-corrected chi connectivity index (χ0v) is 48.7. The van der Waals surface area contributed by atoms with Crippen LogP contribution in [0.3, 0.4) is 0 Å². The first-order valence-corrected chi connectivity index (χ1v) is 30.8. The van der Waals surface area contributed by atoms with Crippen molar-refractivity contribution in [3.05, 3.63) is 113 Å². The van der Waals surface area contributed by atoms with Crippen molar-refractivity contribution in [2.45, 2.75) is 106 Å². The van der Waals surface area contributed by atoms with Gasteiger partial charge in [-0.05, 0) is 97.2 Å². The minimum absolute atomic E-state index is 0.00266. The molecule has 2 atom stereocenters. The maximum absolute atomic E-state index is 14.8. The van der Waals surface area contributed by atoms with Crippen LogP contribution in [0.2, 0.25) is 0 Å². The van der Waals surface area contributed by atoms with Gasteiger partial charge in [0.1, 0.15) is 46.5 Å². The second-order valence-electron chi connectivity index (χ2n) is 20.9. The highest BCUT2D eigenvalue weighted by atomic mass is 32.1. The molecular weight excluding hydrogens is 1130 g/mol. The van der Waals surface area contributed by atoms with Crippen LogP contribution >= 0.6 is 57.1 Å². The van der Waals surface area contributed by atoms with Crippen molar-refractivity contribution in [3.63, 3.8) is 0 Å². The highest BCUT2D eigenvalue weighted by Crippen LogP contribution is 2.56. The number of thiophene rings is 4. The number of halogens is 4. The van der Waals surface area contributed by atoms with Gasteiger partial charge in [0.25, 0.3) is 0 Å². The summed E-state index contributed by atoms with van der Waals surface area (Å²) >= 11 is 7.46. The highest BCUT2D eigenvalue weighted by molar-refractivity contribution is 7.34. The highest BCUT2D eigenvalue weighted by Gasteiger charge is 2.38. The molecule has 0 saturated carbocycles. The molecule has 81 heavy (non-hydrogen) atoms. The molecule has 10 nitrogen and oxygen atoms in total. The van der Waals surface area contributed by atoms with Crippen molar-refractivity contribution >= 4 is 164 Å². The summed E-state index contributed by atoms with van der Waals surface area (Å²) in [5.41, 5.74) is 6.43. The molecule has 0 bridgehead atoms. The first kappa shape index (κ1) is 54.0. The summed E-state index contributed by atoms with van der Waals surface area (Å²) in [6, 6.07) is 10.9. The van der Waals surface area contributed by atoms with Gasteiger partial charge in [-0.3, -0.25) is 9.59 Å². The Morgan fingerprint density at radius 3 is 1.26 bits per heavy atom. The van der Waals surface area contributed by atoms with Gasteiger partial charge in [0.2, 0.25) is 0 Å². The minimum Gasteiger partial charge on any atom is -0.337 e. The number of hydrogen-bond donors (Lipinski definition) is 0. The molecule has 0 aliphatic heterocycles. The van der Waals surface area contributed by atoms with E-state index in [0.717, 1.165) is 159 Å². The van der Waals surface area contributed by atoms with Gasteiger partial charge in [-0.15, -0.1) is 45.3 Å². The summed E-state index contributed by atoms with van der Waals surface area (Å²) in [7, 11) is 0. The lowest BCUT2D eigenvalue weighted by molar-refractivity contribution is 0.103. The van der Waals surface area contributed by atoms with E-state index < -0.39 is 34.8 Å². The van der Waals surface area contributed by atoms with Crippen LogP contribution < -0.4 is 0 Å². The molecule has 0 radical (unpaired) electrons. The number of hydrogen-bond acceptors (Lipinski definition) is 13. The van der Waals surface area contributed by atoms with Gasteiger partial charge in [0.15, 0.2) is 34.8 Å².